The van der Waals surface area contributed by atoms with Crippen molar-refractivity contribution < 1.29 is 33.2 Å². The van der Waals surface area contributed by atoms with Crippen molar-refractivity contribution in [3.63, 3.8) is 0 Å². The zero-order chi connectivity index (χ0) is 14.2. The number of quaternary nitrogens is 1. The number of thioether (sulfide) groups is 1. The minimum Gasteiger partial charge on any atom is -1.00 e. The predicted molar refractivity (Wildman–Crippen MR) is 84.5 cm³/mol. The summed E-state index contributed by atoms with van der Waals surface area (Å²) in [5.41, 5.74) is 1.29. The molecule has 1 atom stereocenters. The van der Waals surface area contributed by atoms with Crippen LogP contribution in [0.25, 0.3) is 0 Å². The quantitative estimate of drug-likeness (QED) is 0.543. The number of benzene rings is 2. The third-order valence-electron chi connectivity index (χ3n) is 3.32. The second kappa shape index (κ2) is 6.58. The number of para-hydroxylation sites is 2. The van der Waals surface area contributed by atoms with Gasteiger partial charge in [0.25, 0.3) is 0 Å². The molecule has 0 saturated carbocycles. The molecule has 0 N–H and O–H groups in total. The molecule has 0 fully saturated rings. The first kappa shape index (κ1) is 16.6. The van der Waals surface area contributed by atoms with E-state index in [1.165, 1.54) is 10.5 Å². The molecule has 2 aromatic carbocycles. The standard InChI is InChI=1S/C17H20NOS.HI/c1-18(2,3)12-17-13-8-4-5-9-14(13)19-15-10-6-7-11-16(15)20-17;/h4-11,17H,12H2,1-3H3;1H/q+1;/p-1. The molecule has 3 rings (SSSR count). The Bertz CT molecular complexity index is 624. The van der Waals surface area contributed by atoms with Gasteiger partial charge in [0.05, 0.1) is 37.8 Å². The van der Waals surface area contributed by atoms with Crippen LogP contribution in [0, 0.1) is 0 Å². The third kappa shape index (κ3) is 3.93. The molecule has 21 heavy (non-hydrogen) atoms. The Morgan fingerprint density at radius 3 is 2.29 bits per heavy atom. The van der Waals surface area contributed by atoms with Crippen molar-refractivity contribution in [2.45, 2.75) is 10.1 Å². The van der Waals surface area contributed by atoms with Gasteiger partial charge in [-0.3, -0.25) is 0 Å². The lowest BCUT2D eigenvalue weighted by molar-refractivity contribution is -0.870. The molecule has 0 spiro atoms. The molecule has 0 amide bonds. The van der Waals surface area contributed by atoms with Crippen LogP contribution in [0.4, 0.5) is 0 Å². The summed E-state index contributed by atoms with van der Waals surface area (Å²) < 4.78 is 7.06. The molecule has 2 nitrogen and oxygen atoms in total. The smallest absolute Gasteiger partial charge is 0.141 e. The van der Waals surface area contributed by atoms with Gasteiger partial charge in [0.2, 0.25) is 0 Å². The number of ether oxygens (including phenoxy) is 1. The molecule has 0 aliphatic carbocycles. The van der Waals surface area contributed by atoms with Crippen molar-refractivity contribution in [3.8, 4) is 11.5 Å². The Morgan fingerprint density at radius 1 is 0.952 bits per heavy atom. The van der Waals surface area contributed by atoms with Crippen LogP contribution in [0.5, 0.6) is 11.5 Å². The molecule has 0 aromatic heterocycles. The van der Waals surface area contributed by atoms with Crippen molar-refractivity contribution in [3.05, 3.63) is 54.1 Å². The zero-order valence-electron chi connectivity index (χ0n) is 12.5. The summed E-state index contributed by atoms with van der Waals surface area (Å²) >= 11 is 1.91. The van der Waals surface area contributed by atoms with Crippen molar-refractivity contribution in [2.75, 3.05) is 27.7 Å². The molecule has 0 bridgehead atoms. The first-order valence-electron chi connectivity index (χ1n) is 6.86. The Hall–Kier alpha value is -0.720. The van der Waals surface area contributed by atoms with Gasteiger partial charge in [-0.1, -0.05) is 30.3 Å². The van der Waals surface area contributed by atoms with Crippen LogP contribution in [-0.4, -0.2) is 32.2 Å². The second-order valence-electron chi connectivity index (χ2n) is 6.17. The summed E-state index contributed by atoms with van der Waals surface area (Å²) in [6.07, 6.45) is 0. The fraction of sp³-hybridized carbons (Fsp3) is 0.294. The zero-order valence-corrected chi connectivity index (χ0v) is 15.5. The minimum atomic E-state index is 0. The van der Waals surface area contributed by atoms with E-state index in [-0.39, 0.29) is 24.0 Å². The molecule has 1 aliphatic heterocycles. The second-order valence-corrected chi connectivity index (χ2v) is 7.41. The average molecular weight is 413 g/mol. The maximum absolute atomic E-state index is 6.12. The van der Waals surface area contributed by atoms with Crippen LogP contribution in [-0.2, 0) is 0 Å². The highest BCUT2D eigenvalue weighted by molar-refractivity contribution is 7.99. The lowest BCUT2D eigenvalue weighted by atomic mass is 10.1. The van der Waals surface area contributed by atoms with Crippen LogP contribution in [0.2, 0.25) is 0 Å². The minimum absolute atomic E-state index is 0. The summed E-state index contributed by atoms with van der Waals surface area (Å²) in [5.74, 6) is 1.96. The van der Waals surface area contributed by atoms with Crippen LogP contribution in [0.1, 0.15) is 10.8 Å². The van der Waals surface area contributed by atoms with E-state index in [9.17, 15) is 0 Å². The molecule has 1 aliphatic rings. The lowest BCUT2D eigenvalue weighted by Gasteiger charge is -2.28. The number of likely N-dealkylation sites (N-methyl/N-ethyl adjacent to an activating group) is 1. The van der Waals surface area contributed by atoms with Gasteiger partial charge in [0.15, 0.2) is 0 Å². The number of rotatable bonds is 2. The Balaban J connectivity index is 0.00000161. The number of hydrogen-bond donors (Lipinski definition) is 0. The largest absolute Gasteiger partial charge is 1.00 e. The maximum atomic E-state index is 6.12. The predicted octanol–water partition coefficient (Wildman–Crippen LogP) is 1.34. The monoisotopic (exact) mass is 413 g/mol. The summed E-state index contributed by atoms with van der Waals surface area (Å²) in [6, 6.07) is 16.7. The fourth-order valence-corrected chi connectivity index (χ4v) is 3.97. The van der Waals surface area contributed by atoms with Gasteiger partial charge >= 0.3 is 0 Å². The van der Waals surface area contributed by atoms with E-state index in [1.807, 2.05) is 30.0 Å². The van der Waals surface area contributed by atoms with Gasteiger partial charge in [0.1, 0.15) is 11.5 Å². The van der Waals surface area contributed by atoms with Gasteiger partial charge in [-0.25, -0.2) is 0 Å². The highest BCUT2D eigenvalue weighted by Crippen LogP contribution is 2.48. The van der Waals surface area contributed by atoms with E-state index in [4.69, 9.17) is 4.74 Å². The highest BCUT2D eigenvalue weighted by atomic mass is 127. The third-order valence-corrected chi connectivity index (χ3v) is 4.60. The van der Waals surface area contributed by atoms with Crippen LogP contribution in [0.15, 0.2) is 53.4 Å². The molecule has 1 unspecified atom stereocenters. The van der Waals surface area contributed by atoms with E-state index >= 15 is 0 Å². The van der Waals surface area contributed by atoms with Gasteiger partial charge in [-0.2, -0.15) is 0 Å². The molecule has 0 radical (unpaired) electrons. The van der Waals surface area contributed by atoms with E-state index in [0.717, 1.165) is 22.5 Å². The molecule has 0 saturated heterocycles. The molecule has 4 heteroatoms. The van der Waals surface area contributed by atoms with E-state index in [2.05, 4.69) is 51.5 Å². The number of halogens is 1. The Kier molecular flexibility index (Phi) is 5.22. The van der Waals surface area contributed by atoms with Crippen molar-refractivity contribution in [1.82, 2.24) is 0 Å². The highest BCUT2D eigenvalue weighted by Gasteiger charge is 2.28. The molecular formula is C17H20INOS. The van der Waals surface area contributed by atoms with Crippen LogP contribution < -0.4 is 28.7 Å². The van der Waals surface area contributed by atoms with Gasteiger partial charge < -0.3 is 33.2 Å². The van der Waals surface area contributed by atoms with Crippen LogP contribution >= 0.6 is 11.8 Å². The van der Waals surface area contributed by atoms with E-state index in [0.29, 0.717) is 5.25 Å². The Labute approximate surface area is 148 Å². The van der Waals surface area contributed by atoms with Gasteiger partial charge in [-0.15, -0.1) is 11.8 Å². The lowest BCUT2D eigenvalue weighted by Crippen LogP contribution is -3.00. The van der Waals surface area contributed by atoms with Crippen molar-refractivity contribution in [1.29, 1.82) is 0 Å². The maximum Gasteiger partial charge on any atom is 0.141 e. The summed E-state index contributed by atoms with van der Waals surface area (Å²) in [7, 11) is 6.71. The van der Waals surface area contributed by atoms with Crippen molar-refractivity contribution >= 4 is 11.8 Å². The Morgan fingerprint density at radius 2 is 1.57 bits per heavy atom. The molecule has 1 heterocycles. The fourth-order valence-electron chi connectivity index (χ4n) is 2.44. The molecule has 112 valence electrons. The van der Waals surface area contributed by atoms with Gasteiger partial charge in [-0.05, 0) is 18.2 Å². The number of hydrogen-bond acceptors (Lipinski definition) is 2. The SMILES string of the molecule is C[N+](C)(C)CC1Sc2ccccc2Oc2ccccc21.[I-]. The van der Waals surface area contributed by atoms with Crippen LogP contribution in [0.3, 0.4) is 0 Å². The summed E-state index contributed by atoms with van der Waals surface area (Å²) in [5, 5.41) is 0.412. The number of nitrogens with zero attached hydrogens (tertiary/aromatic N) is 1. The normalized spacial score (nSPS) is 16.8. The molecular weight excluding hydrogens is 393 g/mol. The summed E-state index contributed by atoms with van der Waals surface area (Å²) in [6.45, 7) is 1.07. The van der Waals surface area contributed by atoms with E-state index < -0.39 is 0 Å². The topological polar surface area (TPSA) is 9.23 Å². The summed E-state index contributed by atoms with van der Waals surface area (Å²) in [4.78, 5) is 1.22. The molecule has 2 aromatic rings. The first-order valence-corrected chi connectivity index (χ1v) is 7.74. The number of fused-ring (bicyclic) bond motifs is 2. The van der Waals surface area contributed by atoms with Crippen molar-refractivity contribution in [2.24, 2.45) is 0 Å². The first-order chi connectivity index (χ1) is 9.53. The van der Waals surface area contributed by atoms with Gasteiger partial charge in [0, 0.05) is 5.56 Å². The van der Waals surface area contributed by atoms with E-state index in [1.54, 1.807) is 0 Å². The average Bonchev–Trinajstić information content (AvgIpc) is 2.53.